The van der Waals surface area contributed by atoms with E-state index in [1.165, 1.54) is 0 Å². The summed E-state index contributed by atoms with van der Waals surface area (Å²) in [6.07, 6.45) is 6.79. The fourth-order valence-corrected chi connectivity index (χ4v) is 1.88. The minimum atomic E-state index is -0.496. The van der Waals surface area contributed by atoms with Gasteiger partial charge in [-0.05, 0) is 39.5 Å². The highest BCUT2D eigenvalue weighted by atomic mass is 16.6. The minimum absolute atomic E-state index is 0.208. The molecular weight excluding hydrogens is 230 g/mol. The van der Waals surface area contributed by atoms with Crippen LogP contribution in [-0.2, 0) is 9.53 Å². The average Bonchev–Trinajstić information content (AvgIpc) is 2.67. The van der Waals surface area contributed by atoms with Crippen LogP contribution in [0.25, 0.3) is 0 Å². The fraction of sp³-hybridized carbons (Fsp3) is 0.714. The van der Waals surface area contributed by atoms with Crippen LogP contribution in [0.15, 0.2) is 12.2 Å². The van der Waals surface area contributed by atoms with E-state index >= 15 is 0 Å². The van der Waals surface area contributed by atoms with Crippen molar-refractivity contribution in [1.82, 2.24) is 5.32 Å². The van der Waals surface area contributed by atoms with Crippen molar-refractivity contribution in [2.75, 3.05) is 6.54 Å². The number of rotatable bonds is 5. The molecule has 0 saturated carbocycles. The molecule has 1 aliphatic rings. The van der Waals surface area contributed by atoms with Gasteiger partial charge < -0.3 is 10.1 Å². The standard InChI is InChI=1S/C14H23NO3/c1-14(2,3)18-13(17)15-9-8-12(16)10-11-6-4-5-7-11/h4-5,11H,6-10H2,1-3H3,(H,15,17). The van der Waals surface area contributed by atoms with E-state index in [0.29, 0.717) is 25.3 Å². The summed E-state index contributed by atoms with van der Waals surface area (Å²) in [4.78, 5) is 23.0. The van der Waals surface area contributed by atoms with Crippen LogP contribution in [0.2, 0.25) is 0 Å². The Morgan fingerprint density at radius 2 is 1.89 bits per heavy atom. The van der Waals surface area contributed by atoms with Gasteiger partial charge in [-0.15, -0.1) is 0 Å². The molecule has 0 aromatic carbocycles. The van der Waals surface area contributed by atoms with Crippen molar-refractivity contribution in [2.45, 2.75) is 52.1 Å². The Kier molecular flexibility index (Phi) is 5.38. The number of hydrogen-bond donors (Lipinski definition) is 1. The molecule has 0 radical (unpaired) electrons. The molecule has 0 saturated heterocycles. The number of ketones is 1. The summed E-state index contributed by atoms with van der Waals surface area (Å²) >= 11 is 0. The van der Waals surface area contributed by atoms with Gasteiger partial charge in [0.05, 0.1) is 0 Å². The van der Waals surface area contributed by atoms with Gasteiger partial charge in [-0.25, -0.2) is 4.79 Å². The van der Waals surface area contributed by atoms with E-state index in [0.717, 1.165) is 12.8 Å². The minimum Gasteiger partial charge on any atom is -0.444 e. The van der Waals surface area contributed by atoms with E-state index in [1.54, 1.807) is 0 Å². The van der Waals surface area contributed by atoms with Crippen molar-refractivity contribution in [3.8, 4) is 0 Å². The summed E-state index contributed by atoms with van der Waals surface area (Å²) in [7, 11) is 0. The number of carbonyl (C=O) groups is 2. The predicted molar refractivity (Wildman–Crippen MR) is 70.3 cm³/mol. The third kappa shape index (κ3) is 6.42. The highest BCUT2D eigenvalue weighted by Gasteiger charge is 2.17. The van der Waals surface area contributed by atoms with Gasteiger partial charge in [0.2, 0.25) is 0 Å². The number of amides is 1. The number of Topliss-reactive ketones (excluding diaryl/α,β-unsaturated/α-hetero) is 1. The largest absolute Gasteiger partial charge is 0.444 e. The van der Waals surface area contributed by atoms with Gasteiger partial charge in [0.15, 0.2) is 0 Å². The van der Waals surface area contributed by atoms with Crippen LogP contribution in [0.3, 0.4) is 0 Å². The SMILES string of the molecule is CC(C)(C)OC(=O)NCCC(=O)CC1CC=CC1. The molecule has 0 atom stereocenters. The second-order valence-electron chi connectivity index (χ2n) is 5.73. The van der Waals surface area contributed by atoms with E-state index in [2.05, 4.69) is 17.5 Å². The summed E-state index contributed by atoms with van der Waals surface area (Å²) in [5.74, 6) is 0.679. The molecule has 4 heteroatoms. The molecule has 18 heavy (non-hydrogen) atoms. The molecule has 0 aliphatic heterocycles. The second-order valence-corrected chi connectivity index (χ2v) is 5.73. The van der Waals surface area contributed by atoms with Gasteiger partial charge in [0.25, 0.3) is 0 Å². The topological polar surface area (TPSA) is 55.4 Å². The normalized spacial score (nSPS) is 15.7. The molecule has 0 aromatic heterocycles. The molecule has 0 aromatic rings. The van der Waals surface area contributed by atoms with Crippen LogP contribution >= 0.6 is 0 Å². The van der Waals surface area contributed by atoms with Crippen LogP contribution in [0.4, 0.5) is 4.79 Å². The van der Waals surface area contributed by atoms with Crippen molar-refractivity contribution in [2.24, 2.45) is 5.92 Å². The Hall–Kier alpha value is -1.32. The third-order valence-electron chi connectivity index (χ3n) is 2.69. The van der Waals surface area contributed by atoms with E-state index in [4.69, 9.17) is 4.74 Å². The lowest BCUT2D eigenvalue weighted by Gasteiger charge is -2.19. The van der Waals surface area contributed by atoms with Crippen LogP contribution in [0.5, 0.6) is 0 Å². The zero-order chi connectivity index (χ0) is 13.6. The first-order valence-electron chi connectivity index (χ1n) is 6.50. The van der Waals surface area contributed by atoms with E-state index in [1.807, 2.05) is 20.8 Å². The molecular formula is C14H23NO3. The van der Waals surface area contributed by atoms with Crippen molar-refractivity contribution < 1.29 is 14.3 Å². The summed E-state index contributed by atoms with van der Waals surface area (Å²) in [5, 5.41) is 2.60. The summed E-state index contributed by atoms with van der Waals surface area (Å²) < 4.78 is 5.08. The third-order valence-corrected chi connectivity index (χ3v) is 2.69. The molecule has 0 fully saturated rings. The Bertz CT molecular complexity index is 320. The summed E-state index contributed by atoms with van der Waals surface area (Å²) in [6.45, 7) is 5.79. The van der Waals surface area contributed by atoms with Crippen LogP contribution in [0, 0.1) is 5.92 Å². The lowest BCUT2D eigenvalue weighted by Crippen LogP contribution is -2.33. The highest BCUT2D eigenvalue weighted by molar-refractivity contribution is 5.79. The van der Waals surface area contributed by atoms with Crippen LogP contribution in [0.1, 0.15) is 46.5 Å². The maximum absolute atomic E-state index is 11.6. The number of allylic oxidation sites excluding steroid dienone is 2. The number of alkyl carbamates (subject to hydrolysis) is 1. The number of nitrogens with one attached hydrogen (secondary N) is 1. The number of carbonyl (C=O) groups excluding carboxylic acids is 2. The first-order chi connectivity index (χ1) is 8.37. The maximum Gasteiger partial charge on any atom is 0.407 e. The van der Waals surface area contributed by atoms with Gasteiger partial charge in [0.1, 0.15) is 11.4 Å². The maximum atomic E-state index is 11.6. The molecule has 1 N–H and O–H groups in total. The molecule has 102 valence electrons. The van der Waals surface area contributed by atoms with Gasteiger partial charge in [-0.3, -0.25) is 4.79 Å². The van der Waals surface area contributed by atoms with E-state index in [-0.39, 0.29) is 5.78 Å². The predicted octanol–water partition coefficient (Wildman–Crippen LogP) is 2.83. The van der Waals surface area contributed by atoms with Gasteiger partial charge in [-0.2, -0.15) is 0 Å². The number of ether oxygens (including phenoxy) is 1. The zero-order valence-electron chi connectivity index (χ0n) is 11.5. The number of hydrogen-bond acceptors (Lipinski definition) is 3. The van der Waals surface area contributed by atoms with E-state index in [9.17, 15) is 9.59 Å². The van der Waals surface area contributed by atoms with Crippen molar-refractivity contribution in [3.63, 3.8) is 0 Å². The molecule has 1 aliphatic carbocycles. The Morgan fingerprint density at radius 1 is 1.28 bits per heavy atom. The lowest BCUT2D eigenvalue weighted by molar-refractivity contribution is -0.119. The molecule has 4 nitrogen and oxygen atoms in total. The molecule has 0 unspecified atom stereocenters. The smallest absolute Gasteiger partial charge is 0.407 e. The lowest BCUT2D eigenvalue weighted by atomic mass is 9.99. The van der Waals surface area contributed by atoms with Crippen LogP contribution in [-0.4, -0.2) is 24.0 Å². The highest BCUT2D eigenvalue weighted by Crippen LogP contribution is 2.21. The Morgan fingerprint density at radius 3 is 2.44 bits per heavy atom. The summed E-state index contributed by atoms with van der Waals surface area (Å²) in [6, 6.07) is 0. The first kappa shape index (κ1) is 14.7. The van der Waals surface area contributed by atoms with Gasteiger partial charge >= 0.3 is 6.09 Å². The van der Waals surface area contributed by atoms with E-state index < -0.39 is 11.7 Å². The molecule has 0 heterocycles. The molecule has 1 amide bonds. The van der Waals surface area contributed by atoms with Crippen molar-refractivity contribution in [1.29, 1.82) is 0 Å². The zero-order valence-corrected chi connectivity index (χ0v) is 11.5. The average molecular weight is 253 g/mol. The molecule has 0 bridgehead atoms. The molecule has 0 spiro atoms. The molecule has 1 rings (SSSR count). The monoisotopic (exact) mass is 253 g/mol. The first-order valence-corrected chi connectivity index (χ1v) is 6.50. The van der Waals surface area contributed by atoms with Crippen molar-refractivity contribution in [3.05, 3.63) is 12.2 Å². The van der Waals surface area contributed by atoms with Crippen LogP contribution < -0.4 is 5.32 Å². The Labute approximate surface area is 109 Å². The van der Waals surface area contributed by atoms with Crippen molar-refractivity contribution >= 4 is 11.9 Å². The Balaban J connectivity index is 2.09. The fourth-order valence-electron chi connectivity index (χ4n) is 1.88. The summed E-state index contributed by atoms with van der Waals surface area (Å²) in [5.41, 5.74) is -0.496. The van der Waals surface area contributed by atoms with Gasteiger partial charge in [0, 0.05) is 19.4 Å². The quantitative estimate of drug-likeness (QED) is 0.766. The second kappa shape index (κ2) is 6.57. The van der Waals surface area contributed by atoms with Gasteiger partial charge in [-0.1, -0.05) is 12.2 Å².